The van der Waals surface area contributed by atoms with E-state index in [1.54, 1.807) is 0 Å². The summed E-state index contributed by atoms with van der Waals surface area (Å²) in [4.78, 5) is 4.34. The average Bonchev–Trinajstić information content (AvgIpc) is 2.93. The van der Waals surface area contributed by atoms with Gasteiger partial charge in [0.25, 0.3) is 0 Å². The van der Waals surface area contributed by atoms with Gasteiger partial charge in [0.2, 0.25) is 0 Å². The van der Waals surface area contributed by atoms with E-state index in [4.69, 9.17) is 0 Å². The third-order valence-corrected chi connectivity index (χ3v) is 4.25. The second kappa shape index (κ2) is 5.38. The van der Waals surface area contributed by atoms with E-state index in [-0.39, 0.29) is 12.0 Å². The van der Waals surface area contributed by atoms with Gasteiger partial charge in [0.05, 0.1) is 6.04 Å². The fourth-order valence-electron chi connectivity index (χ4n) is 3.25. The lowest BCUT2D eigenvalue weighted by Crippen LogP contribution is -2.50. The molecule has 3 rings (SSSR count). The molecule has 1 aromatic carbocycles. The predicted molar refractivity (Wildman–Crippen MR) is 80.2 cm³/mol. The monoisotopic (exact) mass is 271 g/mol. The number of hydrogen-bond acceptors (Lipinski definition) is 4. The highest BCUT2D eigenvalue weighted by molar-refractivity contribution is 5.73. The molecule has 0 amide bonds. The third-order valence-electron chi connectivity index (χ3n) is 4.25. The average molecular weight is 271 g/mol. The molecule has 3 atom stereocenters. The van der Waals surface area contributed by atoms with Crippen LogP contribution in [0, 0.1) is 5.92 Å². The molecule has 3 N–H and O–H groups in total. The van der Waals surface area contributed by atoms with Crippen molar-refractivity contribution in [2.75, 3.05) is 6.54 Å². The summed E-state index contributed by atoms with van der Waals surface area (Å²) in [6.45, 7) is 2.82. The molecule has 0 bridgehead atoms. The highest BCUT2D eigenvalue weighted by Crippen LogP contribution is 2.38. The van der Waals surface area contributed by atoms with Crippen molar-refractivity contribution in [1.82, 2.24) is 10.9 Å². The van der Waals surface area contributed by atoms with Gasteiger partial charge in [0.15, 0.2) is 0 Å². The molecule has 2 aliphatic rings. The molecule has 1 saturated heterocycles. The smallest absolute Gasteiger partial charge is 0.107 e. The number of aliphatic hydroxyl groups is 1. The van der Waals surface area contributed by atoms with Crippen LogP contribution < -0.4 is 10.9 Å². The van der Waals surface area contributed by atoms with Crippen LogP contribution in [0.1, 0.15) is 25.3 Å². The minimum Gasteiger partial charge on any atom is -0.383 e. The molecule has 0 saturated carbocycles. The van der Waals surface area contributed by atoms with Gasteiger partial charge in [0.1, 0.15) is 5.60 Å². The largest absolute Gasteiger partial charge is 0.383 e. The fourth-order valence-corrected chi connectivity index (χ4v) is 3.25. The summed E-state index contributed by atoms with van der Waals surface area (Å²) in [6, 6.07) is 9.89. The van der Waals surface area contributed by atoms with Crippen molar-refractivity contribution in [3.05, 3.63) is 47.7 Å². The van der Waals surface area contributed by atoms with Crippen molar-refractivity contribution in [3.8, 4) is 0 Å². The molecule has 3 unspecified atom stereocenters. The molecular formula is C16H21N3O. The van der Waals surface area contributed by atoms with Crippen molar-refractivity contribution < 1.29 is 5.11 Å². The molecule has 0 spiro atoms. The molecule has 4 nitrogen and oxygen atoms in total. The molecule has 1 aromatic rings. The van der Waals surface area contributed by atoms with Gasteiger partial charge in [-0.2, -0.15) is 0 Å². The maximum Gasteiger partial charge on any atom is 0.107 e. The Bertz CT molecular complexity index is 526. The Morgan fingerprint density at radius 1 is 1.35 bits per heavy atom. The van der Waals surface area contributed by atoms with Gasteiger partial charge in [-0.25, -0.2) is 5.43 Å². The van der Waals surface area contributed by atoms with Crippen molar-refractivity contribution in [3.63, 3.8) is 0 Å². The van der Waals surface area contributed by atoms with E-state index in [9.17, 15) is 5.11 Å². The quantitative estimate of drug-likeness (QED) is 0.782. The fraction of sp³-hybridized carbons (Fsp3) is 0.438. The first-order valence-electron chi connectivity index (χ1n) is 7.25. The number of aliphatic imine (C=N–C) groups is 1. The lowest BCUT2D eigenvalue weighted by Gasteiger charge is -2.37. The first-order valence-corrected chi connectivity index (χ1v) is 7.25. The predicted octanol–water partition coefficient (Wildman–Crippen LogP) is 1.74. The zero-order chi connectivity index (χ0) is 14.0. The zero-order valence-corrected chi connectivity index (χ0v) is 11.7. The SMILES string of the molecule is CCCC(O)(c1ccccc1)C1NNC2=CC=NCC21. The van der Waals surface area contributed by atoms with Crippen LogP contribution in [0.2, 0.25) is 0 Å². The number of hydrogen-bond donors (Lipinski definition) is 3. The molecule has 0 aromatic heterocycles. The summed E-state index contributed by atoms with van der Waals surface area (Å²) >= 11 is 0. The van der Waals surface area contributed by atoms with Gasteiger partial charge in [-0.1, -0.05) is 43.7 Å². The summed E-state index contributed by atoms with van der Waals surface area (Å²) in [5.74, 6) is 0.205. The summed E-state index contributed by atoms with van der Waals surface area (Å²) in [5.41, 5.74) is 7.69. The Labute approximate surface area is 119 Å². The maximum absolute atomic E-state index is 11.3. The lowest BCUT2D eigenvalue weighted by atomic mass is 9.76. The molecule has 0 radical (unpaired) electrons. The van der Waals surface area contributed by atoms with E-state index in [1.807, 2.05) is 42.6 Å². The normalized spacial score (nSPS) is 27.4. The van der Waals surface area contributed by atoms with E-state index in [2.05, 4.69) is 22.8 Å². The van der Waals surface area contributed by atoms with Crippen LogP contribution in [-0.2, 0) is 5.60 Å². The second-order valence-electron chi connectivity index (χ2n) is 5.53. The molecule has 1 fully saturated rings. The topological polar surface area (TPSA) is 56.6 Å². The number of rotatable bonds is 4. The Hall–Kier alpha value is -1.65. The lowest BCUT2D eigenvalue weighted by molar-refractivity contribution is -0.0192. The minimum atomic E-state index is -0.879. The zero-order valence-electron chi connectivity index (χ0n) is 11.7. The van der Waals surface area contributed by atoms with Crippen molar-refractivity contribution in [1.29, 1.82) is 0 Å². The van der Waals surface area contributed by atoms with Crippen LogP contribution in [-0.4, -0.2) is 23.9 Å². The first-order chi connectivity index (χ1) is 9.75. The van der Waals surface area contributed by atoms with Crippen molar-refractivity contribution in [2.24, 2.45) is 10.9 Å². The maximum atomic E-state index is 11.3. The van der Waals surface area contributed by atoms with Crippen LogP contribution >= 0.6 is 0 Å². The minimum absolute atomic E-state index is 0.0615. The summed E-state index contributed by atoms with van der Waals surface area (Å²) < 4.78 is 0. The molecule has 4 heteroatoms. The van der Waals surface area contributed by atoms with Crippen molar-refractivity contribution >= 4 is 6.21 Å². The number of benzene rings is 1. The number of dihydropyridines is 1. The van der Waals surface area contributed by atoms with Gasteiger partial charge < -0.3 is 10.5 Å². The van der Waals surface area contributed by atoms with E-state index in [0.29, 0.717) is 0 Å². The van der Waals surface area contributed by atoms with Crippen LogP contribution in [0.5, 0.6) is 0 Å². The van der Waals surface area contributed by atoms with Crippen LogP contribution in [0.15, 0.2) is 47.1 Å². The standard InChI is InChI=1S/C16H21N3O/c1-2-9-16(20,12-6-4-3-5-7-12)15-13-11-17-10-8-14(13)18-19-15/h3-8,10,13,15,18-20H,2,9,11H2,1H3. The molecule has 0 aliphatic carbocycles. The number of hydrazine groups is 1. The Morgan fingerprint density at radius 2 is 2.15 bits per heavy atom. The van der Waals surface area contributed by atoms with Gasteiger partial charge in [-0.15, -0.1) is 0 Å². The Kier molecular flexibility index (Phi) is 3.59. The number of allylic oxidation sites excluding steroid dienone is 1. The third kappa shape index (κ3) is 2.15. The van der Waals surface area contributed by atoms with E-state index in [0.717, 1.165) is 30.6 Å². The highest BCUT2D eigenvalue weighted by Gasteiger charge is 2.46. The Morgan fingerprint density at radius 3 is 2.90 bits per heavy atom. The molecule has 2 aliphatic heterocycles. The van der Waals surface area contributed by atoms with Gasteiger partial charge in [-0.3, -0.25) is 4.99 Å². The summed E-state index contributed by atoms with van der Waals surface area (Å²) in [6.07, 6.45) is 5.46. The first kappa shape index (κ1) is 13.3. The van der Waals surface area contributed by atoms with Crippen LogP contribution in [0.4, 0.5) is 0 Å². The van der Waals surface area contributed by atoms with E-state index < -0.39 is 5.60 Å². The summed E-state index contributed by atoms with van der Waals surface area (Å²) in [5, 5.41) is 11.3. The second-order valence-corrected chi connectivity index (χ2v) is 5.53. The molecule has 20 heavy (non-hydrogen) atoms. The number of nitrogens with one attached hydrogen (secondary N) is 2. The number of fused-ring (bicyclic) bond motifs is 1. The molecule has 2 heterocycles. The molecular weight excluding hydrogens is 250 g/mol. The van der Waals surface area contributed by atoms with Gasteiger partial charge in [0, 0.05) is 24.4 Å². The van der Waals surface area contributed by atoms with Crippen LogP contribution in [0.25, 0.3) is 0 Å². The highest BCUT2D eigenvalue weighted by atomic mass is 16.3. The van der Waals surface area contributed by atoms with E-state index in [1.165, 1.54) is 0 Å². The van der Waals surface area contributed by atoms with Crippen LogP contribution in [0.3, 0.4) is 0 Å². The molecule has 106 valence electrons. The van der Waals surface area contributed by atoms with E-state index >= 15 is 0 Å². The van der Waals surface area contributed by atoms with Gasteiger partial charge in [-0.05, 0) is 18.1 Å². The number of nitrogens with zero attached hydrogens (tertiary/aromatic N) is 1. The Balaban J connectivity index is 1.95. The van der Waals surface area contributed by atoms with Gasteiger partial charge >= 0.3 is 0 Å². The van der Waals surface area contributed by atoms with Crippen molar-refractivity contribution in [2.45, 2.75) is 31.4 Å². The summed E-state index contributed by atoms with van der Waals surface area (Å²) in [7, 11) is 0.